The van der Waals surface area contributed by atoms with Gasteiger partial charge in [0.15, 0.2) is 6.04 Å². The summed E-state index contributed by atoms with van der Waals surface area (Å²) in [7, 11) is 0. The second-order valence-electron chi connectivity index (χ2n) is 7.78. The normalized spacial score (nSPS) is 13.7. The van der Waals surface area contributed by atoms with Crippen LogP contribution in [0.5, 0.6) is 0 Å². The second-order valence-corrected chi connectivity index (χ2v) is 7.78. The average molecular weight is 406 g/mol. The maximum atomic E-state index is 13.0. The van der Waals surface area contributed by atoms with Crippen LogP contribution in [-0.4, -0.2) is 24.3 Å². The van der Waals surface area contributed by atoms with Gasteiger partial charge in [-0.3, -0.25) is 4.99 Å². The van der Waals surface area contributed by atoms with Crippen LogP contribution in [0.15, 0.2) is 78.3 Å². The number of carbonyl (C=O) groups excluding carboxylic acids is 1. The van der Waals surface area contributed by atoms with Crippen molar-refractivity contribution in [3.05, 3.63) is 84.4 Å². The smallest absolute Gasteiger partial charge is 0.331 e. The molecule has 3 nitrogen and oxygen atoms in total. The zero-order chi connectivity index (χ0) is 21.8. The average Bonchev–Trinajstić information content (AvgIpc) is 2.78. The molecule has 2 rings (SSSR count). The van der Waals surface area contributed by atoms with Gasteiger partial charge in [0.1, 0.15) is 0 Å². The molecule has 0 aromatic heterocycles. The largest absolute Gasteiger partial charge is 0.464 e. The number of hydrogen-bond donors (Lipinski definition) is 0. The van der Waals surface area contributed by atoms with Gasteiger partial charge in [-0.05, 0) is 38.0 Å². The summed E-state index contributed by atoms with van der Waals surface area (Å²) in [5.41, 5.74) is 2.85. The first-order chi connectivity index (χ1) is 14.6. The molecule has 0 aliphatic carbocycles. The molecule has 30 heavy (non-hydrogen) atoms. The Balaban J connectivity index is 2.46. The summed E-state index contributed by atoms with van der Waals surface area (Å²) in [5, 5.41) is 0. The van der Waals surface area contributed by atoms with Crippen LogP contribution in [0, 0.1) is 11.8 Å². The van der Waals surface area contributed by atoms with Crippen LogP contribution in [0.4, 0.5) is 0 Å². The molecule has 0 amide bonds. The fourth-order valence-corrected chi connectivity index (χ4v) is 3.78. The monoisotopic (exact) mass is 405 g/mol. The van der Waals surface area contributed by atoms with E-state index in [1.807, 2.05) is 73.7 Å². The fraction of sp³-hybridized carbons (Fsp3) is 0.407. The molecular formula is C27H35NO2. The zero-order valence-corrected chi connectivity index (χ0v) is 18.6. The number of rotatable bonds is 12. The second kappa shape index (κ2) is 12.8. The minimum Gasteiger partial charge on any atom is -0.464 e. The maximum Gasteiger partial charge on any atom is 0.331 e. The van der Waals surface area contributed by atoms with E-state index in [2.05, 4.69) is 20.4 Å². The van der Waals surface area contributed by atoms with Crippen molar-refractivity contribution in [1.82, 2.24) is 0 Å². The number of benzene rings is 2. The van der Waals surface area contributed by atoms with Gasteiger partial charge in [0.25, 0.3) is 0 Å². The van der Waals surface area contributed by atoms with E-state index in [0.29, 0.717) is 12.5 Å². The number of nitrogens with zero attached hydrogens (tertiary/aromatic N) is 1. The molecule has 3 atom stereocenters. The maximum absolute atomic E-state index is 13.0. The van der Waals surface area contributed by atoms with Crippen molar-refractivity contribution in [2.75, 3.05) is 6.61 Å². The van der Waals surface area contributed by atoms with E-state index in [9.17, 15) is 4.79 Å². The Morgan fingerprint density at radius 3 is 2.07 bits per heavy atom. The quantitative estimate of drug-likeness (QED) is 0.230. The Bertz CT molecular complexity index is 757. The molecule has 0 saturated heterocycles. The predicted molar refractivity (Wildman–Crippen MR) is 126 cm³/mol. The van der Waals surface area contributed by atoms with Crippen LogP contribution in [0.25, 0.3) is 0 Å². The molecule has 3 heteroatoms. The minimum absolute atomic E-state index is 0.131. The van der Waals surface area contributed by atoms with Crippen molar-refractivity contribution in [2.45, 2.75) is 52.5 Å². The van der Waals surface area contributed by atoms with Crippen molar-refractivity contribution in [3.63, 3.8) is 0 Å². The molecule has 0 N–H and O–H groups in total. The molecule has 3 unspecified atom stereocenters. The third-order valence-corrected chi connectivity index (χ3v) is 5.43. The number of carbonyl (C=O) groups is 1. The topological polar surface area (TPSA) is 38.7 Å². The van der Waals surface area contributed by atoms with Gasteiger partial charge < -0.3 is 4.74 Å². The third-order valence-electron chi connectivity index (χ3n) is 5.43. The highest BCUT2D eigenvalue weighted by molar-refractivity contribution is 6.13. The van der Waals surface area contributed by atoms with E-state index in [4.69, 9.17) is 9.73 Å². The van der Waals surface area contributed by atoms with Gasteiger partial charge in [-0.15, -0.1) is 6.58 Å². The highest BCUT2D eigenvalue weighted by atomic mass is 16.5. The Hall–Kier alpha value is -2.68. The van der Waals surface area contributed by atoms with Gasteiger partial charge in [0, 0.05) is 11.1 Å². The summed E-state index contributed by atoms with van der Waals surface area (Å²) in [6.07, 6.45) is 5.84. The molecule has 0 bridgehead atoms. The van der Waals surface area contributed by atoms with Crippen molar-refractivity contribution < 1.29 is 9.53 Å². The van der Waals surface area contributed by atoms with Crippen molar-refractivity contribution in [1.29, 1.82) is 0 Å². The summed E-state index contributed by atoms with van der Waals surface area (Å²) in [6.45, 7) is 10.4. The van der Waals surface area contributed by atoms with Crippen LogP contribution in [0.2, 0.25) is 0 Å². The molecule has 0 heterocycles. The number of ether oxygens (including phenoxy) is 1. The SMILES string of the molecule is C=CCCC(C)CC(CC)C(N=C(c1ccccc1)c1ccccc1)C(=O)OCC. The van der Waals surface area contributed by atoms with Crippen LogP contribution >= 0.6 is 0 Å². The van der Waals surface area contributed by atoms with E-state index >= 15 is 0 Å². The lowest BCUT2D eigenvalue weighted by molar-refractivity contribution is -0.146. The van der Waals surface area contributed by atoms with E-state index < -0.39 is 6.04 Å². The van der Waals surface area contributed by atoms with Crippen molar-refractivity contribution in [2.24, 2.45) is 16.8 Å². The fourth-order valence-electron chi connectivity index (χ4n) is 3.78. The number of hydrogen-bond acceptors (Lipinski definition) is 3. The third kappa shape index (κ3) is 6.98. The molecule has 2 aromatic carbocycles. The van der Waals surface area contributed by atoms with E-state index in [0.717, 1.165) is 42.5 Å². The van der Waals surface area contributed by atoms with E-state index in [1.54, 1.807) is 0 Å². The minimum atomic E-state index is -0.517. The molecule has 2 aromatic rings. The Kier molecular flexibility index (Phi) is 10.1. The molecule has 0 aliphatic rings. The summed E-state index contributed by atoms with van der Waals surface area (Å²) < 4.78 is 5.46. The summed E-state index contributed by atoms with van der Waals surface area (Å²) >= 11 is 0. The van der Waals surface area contributed by atoms with Gasteiger partial charge in [-0.2, -0.15) is 0 Å². The lowest BCUT2D eigenvalue weighted by Gasteiger charge is -2.25. The van der Waals surface area contributed by atoms with Crippen LogP contribution in [-0.2, 0) is 9.53 Å². The highest BCUT2D eigenvalue weighted by Crippen LogP contribution is 2.27. The number of allylic oxidation sites excluding steroid dienone is 1. The number of aliphatic imine (C=N–C) groups is 1. The van der Waals surface area contributed by atoms with E-state index in [-0.39, 0.29) is 11.9 Å². The summed E-state index contributed by atoms with van der Waals surface area (Å²) in [6, 6.07) is 19.6. The lowest BCUT2D eigenvalue weighted by atomic mass is 9.85. The number of esters is 1. The first kappa shape index (κ1) is 23.6. The van der Waals surface area contributed by atoms with Crippen LogP contribution < -0.4 is 0 Å². The van der Waals surface area contributed by atoms with Gasteiger partial charge in [-0.25, -0.2) is 4.79 Å². The Labute approximate surface area is 181 Å². The van der Waals surface area contributed by atoms with Crippen LogP contribution in [0.1, 0.15) is 57.6 Å². The van der Waals surface area contributed by atoms with E-state index in [1.165, 1.54) is 0 Å². The predicted octanol–water partition coefficient (Wildman–Crippen LogP) is 6.47. The molecule has 160 valence electrons. The van der Waals surface area contributed by atoms with Crippen molar-refractivity contribution >= 4 is 11.7 Å². The van der Waals surface area contributed by atoms with Crippen LogP contribution in [0.3, 0.4) is 0 Å². The van der Waals surface area contributed by atoms with Gasteiger partial charge in [0.2, 0.25) is 0 Å². The molecule has 0 saturated carbocycles. The first-order valence-electron chi connectivity index (χ1n) is 11.1. The molecular weight excluding hydrogens is 370 g/mol. The zero-order valence-electron chi connectivity index (χ0n) is 18.6. The first-order valence-corrected chi connectivity index (χ1v) is 11.1. The highest BCUT2D eigenvalue weighted by Gasteiger charge is 2.30. The summed E-state index contributed by atoms with van der Waals surface area (Å²) in [5.74, 6) is 0.396. The molecule has 0 fully saturated rings. The van der Waals surface area contributed by atoms with Crippen molar-refractivity contribution in [3.8, 4) is 0 Å². The summed E-state index contributed by atoms with van der Waals surface area (Å²) in [4.78, 5) is 18.1. The Morgan fingerprint density at radius 1 is 1.03 bits per heavy atom. The molecule has 0 aliphatic heterocycles. The molecule has 0 radical (unpaired) electrons. The molecule has 0 spiro atoms. The van der Waals surface area contributed by atoms with Gasteiger partial charge >= 0.3 is 5.97 Å². The Morgan fingerprint density at radius 2 is 1.60 bits per heavy atom. The lowest BCUT2D eigenvalue weighted by Crippen LogP contribution is -2.32. The standard InChI is InChI=1S/C27H35NO2/c1-5-8-15-21(4)20-22(6-2)26(27(29)30-7-3)28-25(23-16-11-9-12-17-23)24-18-13-10-14-19-24/h5,9-14,16-19,21-22,26H,1,6-8,15,20H2,2-4H3. The van der Waals surface area contributed by atoms with Gasteiger partial charge in [-0.1, -0.05) is 87.0 Å². The van der Waals surface area contributed by atoms with Gasteiger partial charge in [0.05, 0.1) is 12.3 Å².